The van der Waals surface area contributed by atoms with Crippen molar-refractivity contribution in [1.82, 2.24) is 4.98 Å². The molecule has 4 rings (SSSR count). The maximum atomic E-state index is 12.6. The molecule has 0 bridgehead atoms. The number of ketones is 1. The lowest BCUT2D eigenvalue weighted by Crippen LogP contribution is -2.17. The Morgan fingerprint density at radius 2 is 1.64 bits per heavy atom. The van der Waals surface area contributed by atoms with Crippen LogP contribution >= 0.6 is 11.6 Å². The minimum absolute atomic E-state index is 0.0642. The molecule has 33 heavy (non-hydrogen) atoms. The topological polar surface area (TPSA) is 130 Å². The molecule has 0 aliphatic rings. The van der Waals surface area contributed by atoms with Crippen LogP contribution in [0.15, 0.2) is 71.6 Å². The van der Waals surface area contributed by atoms with Crippen LogP contribution in [0, 0.1) is 0 Å². The maximum absolute atomic E-state index is 12.6. The van der Waals surface area contributed by atoms with Crippen molar-refractivity contribution in [2.75, 3.05) is 0 Å². The first kappa shape index (κ1) is 22.5. The molecule has 166 valence electrons. The van der Waals surface area contributed by atoms with E-state index in [1.165, 1.54) is 6.07 Å². The lowest BCUT2D eigenvalue weighted by atomic mass is 9.99. The molecule has 0 saturated carbocycles. The van der Waals surface area contributed by atoms with Crippen molar-refractivity contribution in [3.8, 4) is 11.3 Å². The number of fused-ring (bicyclic) bond motifs is 1. The van der Waals surface area contributed by atoms with Gasteiger partial charge in [-0.15, -0.1) is 0 Å². The average molecular weight is 481 g/mol. The number of hydrogen-bond acceptors (Lipinski definition) is 4. The molecule has 4 aromatic rings. The van der Waals surface area contributed by atoms with E-state index in [9.17, 15) is 23.1 Å². The number of sulfonamides is 1. The molecular formula is C24H17ClN2O5S. The van der Waals surface area contributed by atoms with Crippen molar-refractivity contribution < 1.29 is 23.1 Å². The van der Waals surface area contributed by atoms with Crippen molar-refractivity contribution in [1.29, 1.82) is 0 Å². The number of para-hydroxylation sites is 1. The summed E-state index contributed by atoms with van der Waals surface area (Å²) in [6.07, 6.45) is 3.27. The highest BCUT2D eigenvalue weighted by atomic mass is 35.5. The number of carboxylic acid groups (broad SMARTS) is 1. The zero-order valence-corrected chi connectivity index (χ0v) is 18.5. The van der Waals surface area contributed by atoms with Crippen LogP contribution in [-0.4, -0.2) is 30.3 Å². The number of aliphatic carboxylic acids is 1. The second-order valence-corrected chi connectivity index (χ2v) is 9.14. The van der Waals surface area contributed by atoms with Crippen LogP contribution in [0.3, 0.4) is 0 Å². The van der Waals surface area contributed by atoms with Crippen LogP contribution in [0.25, 0.3) is 34.3 Å². The van der Waals surface area contributed by atoms with E-state index in [4.69, 9.17) is 16.7 Å². The quantitative estimate of drug-likeness (QED) is 0.211. The number of Topliss-reactive ketones (excluding diaryl/α,β-unsaturated/α-hetero) is 1. The first-order valence-electron chi connectivity index (χ1n) is 9.65. The summed E-state index contributed by atoms with van der Waals surface area (Å²) in [7, 11) is -4.27. The fourth-order valence-electron chi connectivity index (χ4n) is 3.65. The van der Waals surface area contributed by atoms with Crippen molar-refractivity contribution in [2.24, 2.45) is 5.14 Å². The van der Waals surface area contributed by atoms with E-state index in [2.05, 4.69) is 4.98 Å². The minimum atomic E-state index is -4.27. The Morgan fingerprint density at radius 1 is 0.939 bits per heavy atom. The molecule has 0 fully saturated rings. The molecule has 0 unspecified atom stereocenters. The van der Waals surface area contributed by atoms with Crippen molar-refractivity contribution in [2.45, 2.75) is 4.90 Å². The van der Waals surface area contributed by atoms with Crippen LogP contribution in [-0.2, 0) is 14.8 Å². The van der Waals surface area contributed by atoms with Crippen molar-refractivity contribution >= 4 is 56.4 Å². The predicted octanol–water partition coefficient (Wildman–Crippen LogP) is 4.57. The van der Waals surface area contributed by atoms with Crippen LogP contribution in [0.4, 0.5) is 0 Å². The molecule has 1 aromatic heterocycles. The summed E-state index contributed by atoms with van der Waals surface area (Å²) in [5.41, 5.74) is 1.56. The van der Waals surface area contributed by atoms with Gasteiger partial charge in [-0.25, -0.2) is 18.4 Å². The first-order valence-corrected chi connectivity index (χ1v) is 11.6. The number of benzene rings is 3. The van der Waals surface area contributed by atoms with E-state index in [1.54, 1.807) is 72.8 Å². The number of carbonyl (C=O) groups is 2. The Bertz CT molecular complexity index is 1540. The van der Waals surface area contributed by atoms with E-state index in [-0.39, 0.29) is 27.3 Å². The standard InChI is InChI=1S/C24H17ClN2O5S/c25-16-12-9-14(10-13-16)8-11-15-4-3-6-18(23(15)33(26,31)32)21-20(22(28)24(29)30)17-5-1-2-7-19(17)27-21/h1-13,27H,(H,29,30)(H2,26,31,32). The third-order valence-corrected chi connectivity index (χ3v) is 6.33. The van der Waals surface area contributed by atoms with Gasteiger partial charge in [0.15, 0.2) is 0 Å². The lowest BCUT2D eigenvalue weighted by Gasteiger charge is -2.11. The molecule has 3 aromatic carbocycles. The SMILES string of the molecule is NS(=O)(=O)c1c(C=Cc2ccc(Cl)cc2)cccc1-c1[nH]c2ccccc2c1C(=O)C(=O)O. The summed E-state index contributed by atoms with van der Waals surface area (Å²) in [4.78, 5) is 26.9. The van der Waals surface area contributed by atoms with Gasteiger partial charge in [-0.05, 0) is 29.3 Å². The number of nitrogens with two attached hydrogens (primary N) is 1. The Kier molecular flexibility index (Phi) is 5.90. The summed E-state index contributed by atoms with van der Waals surface area (Å²) in [6.45, 7) is 0. The largest absolute Gasteiger partial charge is 0.475 e. The van der Waals surface area contributed by atoms with E-state index >= 15 is 0 Å². The van der Waals surface area contributed by atoms with E-state index in [1.807, 2.05) is 0 Å². The highest BCUT2D eigenvalue weighted by Gasteiger charge is 2.28. The molecule has 1 heterocycles. The van der Waals surface area contributed by atoms with Gasteiger partial charge < -0.3 is 10.1 Å². The molecule has 0 amide bonds. The number of H-pyrrole nitrogens is 1. The predicted molar refractivity (Wildman–Crippen MR) is 127 cm³/mol. The number of rotatable bonds is 6. The fraction of sp³-hybridized carbons (Fsp3) is 0. The molecule has 0 saturated heterocycles. The Labute approximate surface area is 194 Å². The van der Waals surface area contributed by atoms with Gasteiger partial charge in [0.25, 0.3) is 5.78 Å². The molecule has 9 heteroatoms. The van der Waals surface area contributed by atoms with Crippen molar-refractivity contribution in [3.63, 3.8) is 0 Å². The summed E-state index contributed by atoms with van der Waals surface area (Å²) in [5.74, 6) is -2.82. The smallest absolute Gasteiger partial charge is 0.377 e. The molecular weight excluding hydrogens is 464 g/mol. The second kappa shape index (κ2) is 8.67. The molecule has 4 N–H and O–H groups in total. The molecule has 0 atom stereocenters. The number of carbonyl (C=O) groups excluding carboxylic acids is 1. The summed E-state index contributed by atoms with van der Waals surface area (Å²) in [5, 5.41) is 15.9. The fourth-order valence-corrected chi connectivity index (χ4v) is 4.71. The highest BCUT2D eigenvalue weighted by Crippen LogP contribution is 2.36. The zero-order chi connectivity index (χ0) is 23.8. The van der Waals surface area contributed by atoms with E-state index in [0.717, 1.165) is 5.56 Å². The molecule has 0 spiro atoms. The van der Waals surface area contributed by atoms with E-state index in [0.29, 0.717) is 15.9 Å². The van der Waals surface area contributed by atoms with Gasteiger partial charge in [-0.1, -0.05) is 72.3 Å². The van der Waals surface area contributed by atoms with E-state index < -0.39 is 21.8 Å². The average Bonchev–Trinajstić information content (AvgIpc) is 3.16. The Hall–Kier alpha value is -3.72. The number of carboxylic acids is 1. The number of primary sulfonamides is 1. The maximum Gasteiger partial charge on any atom is 0.377 e. The Balaban J connectivity index is 1.98. The van der Waals surface area contributed by atoms with Gasteiger partial charge in [0.05, 0.1) is 16.2 Å². The first-order chi connectivity index (χ1) is 15.7. The summed E-state index contributed by atoms with van der Waals surface area (Å²) < 4.78 is 25.3. The summed E-state index contributed by atoms with van der Waals surface area (Å²) >= 11 is 5.91. The van der Waals surface area contributed by atoms with Gasteiger partial charge in [0.1, 0.15) is 0 Å². The third kappa shape index (κ3) is 4.45. The Morgan fingerprint density at radius 3 is 2.30 bits per heavy atom. The monoisotopic (exact) mass is 480 g/mol. The van der Waals surface area contributed by atoms with Crippen molar-refractivity contribution in [3.05, 3.63) is 88.4 Å². The van der Waals surface area contributed by atoms with Crippen LogP contribution < -0.4 is 5.14 Å². The summed E-state index contributed by atoms with van der Waals surface area (Å²) in [6, 6.07) is 18.2. The minimum Gasteiger partial charge on any atom is -0.475 e. The number of aromatic amines is 1. The van der Waals surface area contributed by atoms with Gasteiger partial charge in [-0.3, -0.25) is 4.79 Å². The van der Waals surface area contributed by atoms with Crippen LogP contribution in [0.5, 0.6) is 0 Å². The van der Waals surface area contributed by atoms with Gasteiger partial charge in [-0.2, -0.15) is 0 Å². The normalized spacial score (nSPS) is 11.8. The number of nitrogens with one attached hydrogen (secondary N) is 1. The lowest BCUT2D eigenvalue weighted by molar-refractivity contribution is -0.131. The molecule has 7 nitrogen and oxygen atoms in total. The third-order valence-electron chi connectivity index (χ3n) is 5.05. The van der Waals surface area contributed by atoms with Gasteiger partial charge >= 0.3 is 5.97 Å². The van der Waals surface area contributed by atoms with Gasteiger partial charge in [0, 0.05) is 21.5 Å². The number of hydrogen-bond donors (Lipinski definition) is 3. The molecule has 0 aliphatic carbocycles. The number of halogens is 1. The second-order valence-electron chi connectivity index (χ2n) is 7.21. The molecule has 0 aliphatic heterocycles. The number of aromatic nitrogens is 1. The zero-order valence-electron chi connectivity index (χ0n) is 16.9. The van der Waals surface area contributed by atoms with Crippen LogP contribution in [0.1, 0.15) is 21.5 Å². The highest BCUT2D eigenvalue weighted by molar-refractivity contribution is 7.89. The van der Waals surface area contributed by atoms with Crippen LogP contribution in [0.2, 0.25) is 5.02 Å². The molecule has 0 radical (unpaired) electrons. The van der Waals surface area contributed by atoms with Gasteiger partial charge in [0.2, 0.25) is 10.0 Å².